The SMILES string of the molecule is c1ccc(-n2c3ccccc3c3cc(C(c4ccccc4)(c4ccccc4)c4ccc5c(c4)c4ccccc4n5-c4ccccc4)ccc32)cc1. The third kappa shape index (κ3) is 4.43. The number of hydrogen-bond acceptors (Lipinski definition) is 0. The van der Waals surface area contributed by atoms with Gasteiger partial charge in [-0.1, -0.05) is 146 Å². The standard InChI is InChI=1S/C49H34N2/c1-5-17-35(18-6-1)49(36-19-7-2-8-20-36,37-29-31-47-43(33-37)41-25-13-15-27-45(41)50(47)39-21-9-3-10-22-39)38-30-32-48-44(34-38)42-26-14-16-28-46(42)51(48)40-23-11-4-12-24-40/h1-34H. The molecule has 0 radical (unpaired) electrons. The van der Waals surface area contributed by atoms with Crippen molar-refractivity contribution >= 4 is 43.6 Å². The van der Waals surface area contributed by atoms with E-state index in [0.29, 0.717) is 0 Å². The maximum atomic E-state index is 2.45. The fourth-order valence-corrected chi connectivity index (χ4v) is 8.50. The summed E-state index contributed by atoms with van der Waals surface area (Å²) < 4.78 is 4.79. The van der Waals surface area contributed by atoms with Crippen molar-refractivity contribution in [2.75, 3.05) is 0 Å². The van der Waals surface area contributed by atoms with Crippen molar-refractivity contribution in [1.29, 1.82) is 0 Å². The van der Waals surface area contributed by atoms with Crippen LogP contribution < -0.4 is 0 Å². The number of para-hydroxylation sites is 4. The van der Waals surface area contributed by atoms with Gasteiger partial charge in [0.1, 0.15) is 0 Å². The molecule has 2 heteroatoms. The number of rotatable bonds is 6. The van der Waals surface area contributed by atoms with Crippen molar-refractivity contribution in [1.82, 2.24) is 9.13 Å². The molecule has 0 N–H and O–H groups in total. The van der Waals surface area contributed by atoms with Gasteiger partial charge in [0, 0.05) is 32.9 Å². The van der Waals surface area contributed by atoms with Gasteiger partial charge in [-0.2, -0.15) is 0 Å². The molecule has 2 aromatic heterocycles. The van der Waals surface area contributed by atoms with E-state index < -0.39 is 5.41 Å². The van der Waals surface area contributed by atoms with Crippen LogP contribution in [-0.4, -0.2) is 9.13 Å². The highest BCUT2D eigenvalue weighted by atomic mass is 15.0. The quantitative estimate of drug-likeness (QED) is 0.159. The molecule has 0 saturated carbocycles. The molecule has 0 amide bonds. The van der Waals surface area contributed by atoms with E-state index in [2.05, 4.69) is 215 Å². The summed E-state index contributed by atoms with van der Waals surface area (Å²) in [6.45, 7) is 0. The second-order valence-corrected chi connectivity index (χ2v) is 13.3. The molecule has 0 saturated heterocycles. The molecule has 0 atom stereocenters. The zero-order valence-corrected chi connectivity index (χ0v) is 28.0. The summed E-state index contributed by atoms with van der Waals surface area (Å²) in [6.07, 6.45) is 0. The Labute approximate surface area is 297 Å². The zero-order chi connectivity index (χ0) is 33.8. The third-order valence-corrected chi connectivity index (χ3v) is 10.7. The fourth-order valence-electron chi connectivity index (χ4n) is 8.50. The Balaban J connectivity index is 1.32. The Morgan fingerprint density at radius 2 is 0.588 bits per heavy atom. The first-order valence-electron chi connectivity index (χ1n) is 17.6. The minimum atomic E-state index is -0.600. The lowest BCUT2D eigenvalue weighted by Crippen LogP contribution is -2.31. The fraction of sp³-hybridized carbons (Fsp3) is 0.0204. The number of nitrogens with zero attached hydrogens (tertiary/aromatic N) is 2. The first kappa shape index (κ1) is 29.3. The van der Waals surface area contributed by atoms with Crippen molar-refractivity contribution in [3.05, 3.63) is 229 Å². The van der Waals surface area contributed by atoms with Gasteiger partial charge < -0.3 is 9.13 Å². The molecular formula is C49H34N2. The van der Waals surface area contributed by atoms with E-state index in [1.807, 2.05) is 0 Å². The van der Waals surface area contributed by atoms with Crippen LogP contribution >= 0.6 is 0 Å². The van der Waals surface area contributed by atoms with E-state index in [9.17, 15) is 0 Å². The maximum Gasteiger partial charge on any atom is 0.0702 e. The molecule has 2 nitrogen and oxygen atoms in total. The van der Waals surface area contributed by atoms with Gasteiger partial charge in [0.25, 0.3) is 0 Å². The Hall–Kier alpha value is -6.64. The summed E-state index contributed by atoms with van der Waals surface area (Å²) in [5, 5.41) is 4.97. The maximum absolute atomic E-state index is 2.45. The predicted molar refractivity (Wildman–Crippen MR) is 213 cm³/mol. The number of aromatic nitrogens is 2. The van der Waals surface area contributed by atoms with Gasteiger partial charge >= 0.3 is 0 Å². The second-order valence-electron chi connectivity index (χ2n) is 13.3. The van der Waals surface area contributed by atoms with E-state index in [4.69, 9.17) is 0 Å². The monoisotopic (exact) mass is 650 g/mol. The van der Waals surface area contributed by atoms with Crippen LogP contribution in [-0.2, 0) is 5.41 Å². The van der Waals surface area contributed by atoms with Gasteiger partial charge in [0.15, 0.2) is 0 Å². The average molecular weight is 651 g/mol. The van der Waals surface area contributed by atoms with Crippen molar-refractivity contribution in [2.24, 2.45) is 0 Å². The lowest BCUT2D eigenvalue weighted by Gasteiger charge is -2.37. The molecule has 0 bridgehead atoms. The largest absolute Gasteiger partial charge is 0.309 e. The van der Waals surface area contributed by atoms with Gasteiger partial charge in [-0.3, -0.25) is 0 Å². The van der Waals surface area contributed by atoms with E-state index in [1.54, 1.807) is 0 Å². The molecule has 8 aromatic carbocycles. The summed E-state index contributed by atoms with van der Waals surface area (Å²) >= 11 is 0. The van der Waals surface area contributed by atoms with Crippen LogP contribution in [0.2, 0.25) is 0 Å². The molecule has 0 fully saturated rings. The highest BCUT2D eigenvalue weighted by molar-refractivity contribution is 6.11. The van der Waals surface area contributed by atoms with Crippen LogP contribution in [0, 0.1) is 0 Å². The minimum absolute atomic E-state index is 0.600. The second kappa shape index (κ2) is 11.8. The molecule has 0 aliphatic carbocycles. The Bertz CT molecular complexity index is 2630. The van der Waals surface area contributed by atoms with Gasteiger partial charge in [0.2, 0.25) is 0 Å². The minimum Gasteiger partial charge on any atom is -0.309 e. The molecule has 2 heterocycles. The molecular weight excluding hydrogens is 617 g/mol. The summed E-state index contributed by atoms with van der Waals surface area (Å²) in [7, 11) is 0. The molecule has 240 valence electrons. The highest BCUT2D eigenvalue weighted by Gasteiger charge is 2.39. The molecule has 0 unspecified atom stereocenters. The summed E-state index contributed by atoms with van der Waals surface area (Å²) in [6, 6.07) is 75.4. The lowest BCUT2D eigenvalue weighted by molar-refractivity contribution is 0.747. The van der Waals surface area contributed by atoms with Crippen LogP contribution in [0.4, 0.5) is 0 Å². The smallest absolute Gasteiger partial charge is 0.0702 e. The van der Waals surface area contributed by atoms with E-state index in [1.165, 1.54) is 65.9 Å². The van der Waals surface area contributed by atoms with Gasteiger partial charge in [-0.15, -0.1) is 0 Å². The number of hydrogen-bond donors (Lipinski definition) is 0. The lowest BCUT2D eigenvalue weighted by atomic mass is 9.65. The van der Waals surface area contributed by atoms with Crippen molar-refractivity contribution in [2.45, 2.75) is 5.41 Å². The van der Waals surface area contributed by atoms with Crippen molar-refractivity contribution < 1.29 is 0 Å². The summed E-state index contributed by atoms with van der Waals surface area (Å²) in [4.78, 5) is 0. The summed E-state index contributed by atoms with van der Waals surface area (Å²) in [5.74, 6) is 0. The van der Waals surface area contributed by atoms with Crippen molar-refractivity contribution in [3.8, 4) is 11.4 Å². The molecule has 51 heavy (non-hydrogen) atoms. The average Bonchev–Trinajstić information content (AvgIpc) is 3.72. The normalized spacial score (nSPS) is 11.9. The Morgan fingerprint density at radius 3 is 1.00 bits per heavy atom. The molecule has 0 spiro atoms. The van der Waals surface area contributed by atoms with E-state index in [0.717, 1.165) is 11.4 Å². The topological polar surface area (TPSA) is 9.86 Å². The zero-order valence-electron chi connectivity index (χ0n) is 28.0. The first-order valence-corrected chi connectivity index (χ1v) is 17.6. The van der Waals surface area contributed by atoms with Crippen LogP contribution in [0.15, 0.2) is 206 Å². The predicted octanol–water partition coefficient (Wildman–Crippen LogP) is 12.3. The first-order chi connectivity index (χ1) is 25.3. The van der Waals surface area contributed by atoms with E-state index >= 15 is 0 Å². The molecule has 0 aliphatic heterocycles. The molecule has 0 aliphatic rings. The van der Waals surface area contributed by atoms with Gasteiger partial charge in [0.05, 0.1) is 27.5 Å². The van der Waals surface area contributed by atoms with Gasteiger partial charge in [-0.05, 0) is 82.9 Å². The number of benzene rings is 8. The van der Waals surface area contributed by atoms with Crippen molar-refractivity contribution in [3.63, 3.8) is 0 Å². The molecule has 10 rings (SSSR count). The van der Waals surface area contributed by atoms with E-state index in [-0.39, 0.29) is 0 Å². The van der Waals surface area contributed by atoms with Crippen LogP contribution in [0.1, 0.15) is 22.3 Å². The van der Waals surface area contributed by atoms with Crippen LogP contribution in [0.5, 0.6) is 0 Å². The van der Waals surface area contributed by atoms with Gasteiger partial charge in [-0.25, -0.2) is 0 Å². The van der Waals surface area contributed by atoms with Crippen LogP contribution in [0.3, 0.4) is 0 Å². The Kier molecular flexibility index (Phi) is 6.75. The Morgan fingerprint density at radius 1 is 0.255 bits per heavy atom. The number of fused-ring (bicyclic) bond motifs is 6. The highest BCUT2D eigenvalue weighted by Crippen LogP contribution is 2.48. The summed E-state index contributed by atoms with van der Waals surface area (Å²) in [5.41, 5.74) is 11.4. The van der Waals surface area contributed by atoms with Crippen LogP contribution in [0.25, 0.3) is 55.0 Å². The molecule has 10 aromatic rings. The third-order valence-electron chi connectivity index (χ3n) is 10.7.